The van der Waals surface area contributed by atoms with Crippen LogP contribution in [0.25, 0.3) is 0 Å². The molecule has 0 aliphatic heterocycles. The van der Waals surface area contributed by atoms with Crippen LogP contribution in [-0.4, -0.2) is 37.5 Å². The molecule has 0 saturated heterocycles. The first-order valence-electron chi connectivity index (χ1n) is 4.90. The van der Waals surface area contributed by atoms with Crippen LogP contribution >= 0.6 is 0 Å². The van der Waals surface area contributed by atoms with Gasteiger partial charge in [-0.3, -0.25) is 0 Å². The summed E-state index contributed by atoms with van der Waals surface area (Å²) < 4.78 is 15.1. The molecule has 7 heteroatoms. The first kappa shape index (κ1) is 15.9. The monoisotopic (exact) mass is 352 g/mol. The van der Waals surface area contributed by atoms with E-state index in [2.05, 4.69) is 6.58 Å². The van der Waals surface area contributed by atoms with E-state index in [1.807, 2.05) is 0 Å². The van der Waals surface area contributed by atoms with E-state index in [0.29, 0.717) is 5.57 Å². The molecule has 0 bridgehead atoms. The van der Waals surface area contributed by atoms with Gasteiger partial charge in [-0.25, -0.2) is 0 Å². The Morgan fingerprint density at radius 3 is 1.35 bits per heavy atom. The van der Waals surface area contributed by atoms with Gasteiger partial charge in [-0.15, -0.1) is 0 Å². The van der Waals surface area contributed by atoms with Gasteiger partial charge < -0.3 is 0 Å². The molecule has 0 fully saturated rings. The van der Waals surface area contributed by atoms with Crippen LogP contribution < -0.4 is 0 Å². The van der Waals surface area contributed by atoms with E-state index in [0.717, 1.165) is 20.8 Å². The second-order valence-electron chi connectivity index (χ2n) is 3.60. The predicted octanol–water partition coefficient (Wildman–Crippen LogP) is 1.19. The molecular formula is C10H16O6Sn. The van der Waals surface area contributed by atoms with Crippen molar-refractivity contribution in [2.24, 2.45) is 0 Å². The van der Waals surface area contributed by atoms with Gasteiger partial charge in [0, 0.05) is 0 Å². The van der Waals surface area contributed by atoms with Crippen LogP contribution in [-0.2, 0) is 23.6 Å². The number of hydrogen-bond donors (Lipinski definition) is 0. The van der Waals surface area contributed by atoms with E-state index in [1.165, 1.54) is 0 Å². The van der Waals surface area contributed by atoms with Crippen LogP contribution in [0.1, 0.15) is 27.7 Å². The molecule has 17 heavy (non-hydrogen) atoms. The molecule has 0 unspecified atom stereocenters. The molecule has 0 rings (SSSR count). The second kappa shape index (κ2) is 6.63. The number of hydrogen-bond acceptors (Lipinski definition) is 6. The van der Waals surface area contributed by atoms with Crippen LogP contribution in [0.15, 0.2) is 12.2 Å². The van der Waals surface area contributed by atoms with Gasteiger partial charge in [0.25, 0.3) is 0 Å². The second-order valence-corrected chi connectivity index (χ2v) is 10.3. The average Bonchev–Trinajstić information content (AvgIpc) is 1.95. The van der Waals surface area contributed by atoms with Crippen LogP contribution in [0.3, 0.4) is 0 Å². The van der Waals surface area contributed by atoms with E-state index in [4.69, 9.17) is 9.22 Å². The standard InChI is InChI=1S/C4H7.3C2H4O2.Sn/c1-4(2)3;3*1-2(3)4;/h1-2H2,3H3;3*1H3,(H,3,4);/q;;;;+3/p-3. The number of carbonyl (C=O) groups excluding carboxylic acids is 3. The van der Waals surface area contributed by atoms with E-state index in [9.17, 15) is 14.4 Å². The third-order valence-electron chi connectivity index (χ3n) is 1.42. The van der Waals surface area contributed by atoms with Crippen LogP contribution in [0.2, 0.25) is 4.44 Å². The summed E-state index contributed by atoms with van der Waals surface area (Å²) in [5, 5.41) is 0. The van der Waals surface area contributed by atoms with Gasteiger partial charge in [0.2, 0.25) is 0 Å². The Morgan fingerprint density at radius 2 is 1.18 bits per heavy atom. The van der Waals surface area contributed by atoms with Gasteiger partial charge in [0.1, 0.15) is 0 Å². The molecule has 0 heterocycles. The van der Waals surface area contributed by atoms with Crippen molar-refractivity contribution < 1.29 is 23.6 Å². The van der Waals surface area contributed by atoms with Crippen molar-refractivity contribution in [2.45, 2.75) is 32.1 Å². The van der Waals surface area contributed by atoms with E-state index in [-0.39, 0.29) is 4.44 Å². The molecule has 0 aromatic carbocycles. The van der Waals surface area contributed by atoms with Crippen molar-refractivity contribution in [3.8, 4) is 0 Å². The van der Waals surface area contributed by atoms with Gasteiger partial charge in [-0.2, -0.15) is 0 Å². The molecule has 0 saturated carbocycles. The van der Waals surface area contributed by atoms with Gasteiger partial charge in [0.05, 0.1) is 0 Å². The van der Waals surface area contributed by atoms with Crippen LogP contribution in [0, 0.1) is 0 Å². The van der Waals surface area contributed by atoms with Gasteiger partial charge in [-0.1, -0.05) is 0 Å². The summed E-state index contributed by atoms with van der Waals surface area (Å²) in [6, 6.07) is 0. The number of allylic oxidation sites excluding steroid dienone is 1. The molecule has 0 aliphatic rings. The first-order valence-corrected chi connectivity index (χ1v) is 10.4. The van der Waals surface area contributed by atoms with E-state index in [1.54, 1.807) is 6.92 Å². The van der Waals surface area contributed by atoms with Crippen LogP contribution in [0.4, 0.5) is 0 Å². The Bertz CT molecular complexity index is 279. The van der Waals surface area contributed by atoms with Crippen molar-refractivity contribution in [3.63, 3.8) is 0 Å². The van der Waals surface area contributed by atoms with Crippen molar-refractivity contribution in [2.75, 3.05) is 0 Å². The maximum absolute atomic E-state index is 11.0. The van der Waals surface area contributed by atoms with Crippen molar-refractivity contribution in [3.05, 3.63) is 12.2 Å². The fourth-order valence-corrected chi connectivity index (χ4v) is 8.03. The molecule has 0 radical (unpaired) electrons. The first-order chi connectivity index (χ1) is 7.67. The summed E-state index contributed by atoms with van der Waals surface area (Å²) in [7, 11) is 0. The molecule has 0 aliphatic carbocycles. The minimum absolute atomic E-state index is 0.0907. The fraction of sp³-hybridized carbons (Fsp3) is 0.500. The predicted molar refractivity (Wildman–Crippen MR) is 60.7 cm³/mol. The zero-order valence-electron chi connectivity index (χ0n) is 10.4. The SMILES string of the molecule is C=C(C)[CH2][Sn]([O]C(C)=O)([O]C(C)=O)[O]C(C)=O. The van der Waals surface area contributed by atoms with Crippen LogP contribution in [0.5, 0.6) is 0 Å². The molecule has 0 aromatic rings. The number of carbonyl (C=O) groups is 3. The molecule has 0 atom stereocenters. The van der Waals surface area contributed by atoms with Crippen molar-refractivity contribution >= 4 is 37.5 Å². The van der Waals surface area contributed by atoms with E-state index >= 15 is 0 Å². The summed E-state index contributed by atoms with van der Waals surface area (Å²) in [6.07, 6.45) is 0. The molecule has 6 nitrogen and oxygen atoms in total. The Hall–Kier alpha value is -1.05. The zero-order chi connectivity index (χ0) is 13.6. The van der Waals surface area contributed by atoms with E-state index < -0.39 is 37.5 Å². The average molecular weight is 351 g/mol. The van der Waals surface area contributed by atoms with Gasteiger partial charge >= 0.3 is 105 Å². The molecular weight excluding hydrogens is 335 g/mol. The molecule has 0 aromatic heterocycles. The molecule has 0 spiro atoms. The summed E-state index contributed by atoms with van der Waals surface area (Å²) in [6.45, 7) is 8.80. The van der Waals surface area contributed by atoms with Gasteiger partial charge in [0.15, 0.2) is 0 Å². The Balaban J connectivity index is 5.16. The zero-order valence-corrected chi connectivity index (χ0v) is 13.2. The van der Waals surface area contributed by atoms with Crippen molar-refractivity contribution in [1.82, 2.24) is 0 Å². The summed E-state index contributed by atoms with van der Waals surface area (Å²) in [4.78, 5) is 33.1. The Morgan fingerprint density at radius 1 is 0.882 bits per heavy atom. The molecule has 0 N–H and O–H groups in total. The third-order valence-corrected chi connectivity index (χ3v) is 9.50. The third kappa shape index (κ3) is 6.98. The summed E-state index contributed by atoms with van der Waals surface area (Å²) >= 11 is -4.53. The Kier molecular flexibility index (Phi) is 6.22. The Labute approximate surface area is 105 Å². The van der Waals surface area contributed by atoms with Crippen molar-refractivity contribution in [1.29, 1.82) is 0 Å². The summed E-state index contributed by atoms with van der Waals surface area (Å²) in [5.41, 5.74) is 0.615. The van der Waals surface area contributed by atoms with Gasteiger partial charge in [-0.05, 0) is 0 Å². The maximum atomic E-state index is 11.0. The summed E-state index contributed by atoms with van der Waals surface area (Å²) in [5.74, 6) is -1.95. The molecule has 0 amide bonds. The topological polar surface area (TPSA) is 78.9 Å². The quantitative estimate of drug-likeness (QED) is 0.547. The fourth-order valence-electron chi connectivity index (χ4n) is 1.20. The normalized spacial score (nSPS) is 10.4. The molecule has 96 valence electrons. The minimum atomic E-state index is -4.53. The number of rotatable bonds is 5.